The Morgan fingerprint density at radius 2 is 1.61 bits per heavy atom. The average molecular weight is 393 g/mol. The maximum Gasteiger partial charge on any atom is 0.416 e. The van der Waals surface area contributed by atoms with Crippen LogP contribution in [0.25, 0.3) is 0 Å². The Balaban J connectivity index is 2.15. The number of nitrogens with one attached hydrogen (secondary N) is 1. The van der Waals surface area contributed by atoms with E-state index in [1.165, 1.54) is 6.07 Å². The summed E-state index contributed by atoms with van der Waals surface area (Å²) in [7, 11) is 0. The highest BCUT2D eigenvalue weighted by molar-refractivity contribution is 5.96. The molecule has 2 N–H and O–H groups in total. The number of carboxylic acid groups (broad SMARTS) is 1. The summed E-state index contributed by atoms with van der Waals surface area (Å²) in [6.07, 6.45) is -4.57. The molecule has 0 fully saturated rings. The predicted molar refractivity (Wildman–Crippen MR) is 99.2 cm³/mol. The lowest BCUT2D eigenvalue weighted by molar-refractivity contribution is -0.139. The smallest absolute Gasteiger partial charge is 0.416 e. The number of alkyl halides is 3. The van der Waals surface area contributed by atoms with Crippen LogP contribution in [0.3, 0.4) is 0 Å². The second-order valence-electron chi connectivity index (χ2n) is 7.59. The Morgan fingerprint density at radius 1 is 1.00 bits per heavy atom. The Morgan fingerprint density at radius 3 is 2.11 bits per heavy atom. The van der Waals surface area contributed by atoms with Crippen molar-refractivity contribution in [3.8, 4) is 0 Å². The van der Waals surface area contributed by atoms with Gasteiger partial charge in [-0.3, -0.25) is 4.79 Å². The fraction of sp³-hybridized carbons (Fsp3) is 0.333. The summed E-state index contributed by atoms with van der Waals surface area (Å²) in [5.41, 5.74) is 0.512. The second kappa shape index (κ2) is 8.04. The van der Waals surface area contributed by atoms with Crippen LogP contribution in [-0.2, 0) is 22.8 Å². The van der Waals surface area contributed by atoms with Gasteiger partial charge in [0.1, 0.15) is 6.04 Å². The first-order valence-electron chi connectivity index (χ1n) is 8.68. The monoisotopic (exact) mass is 393 g/mol. The molecule has 2 aromatic carbocycles. The van der Waals surface area contributed by atoms with E-state index in [1.54, 1.807) is 12.1 Å². The van der Waals surface area contributed by atoms with Crippen molar-refractivity contribution in [2.24, 2.45) is 0 Å². The third-order valence-electron chi connectivity index (χ3n) is 4.32. The number of halogens is 3. The summed E-state index contributed by atoms with van der Waals surface area (Å²) < 4.78 is 38.4. The van der Waals surface area contributed by atoms with Crippen LogP contribution in [0, 0.1) is 0 Å². The molecular formula is C21H22F3NO3. The molecule has 0 aliphatic rings. The highest BCUT2D eigenvalue weighted by Gasteiger charge is 2.31. The van der Waals surface area contributed by atoms with Crippen LogP contribution in [0.2, 0.25) is 0 Å². The molecule has 0 radical (unpaired) electrons. The largest absolute Gasteiger partial charge is 0.480 e. The van der Waals surface area contributed by atoms with Gasteiger partial charge in [-0.1, -0.05) is 51.1 Å². The lowest BCUT2D eigenvalue weighted by Gasteiger charge is -2.20. The Kier molecular flexibility index (Phi) is 6.17. The van der Waals surface area contributed by atoms with Crippen molar-refractivity contribution in [2.75, 3.05) is 0 Å². The maximum atomic E-state index is 12.8. The first-order chi connectivity index (χ1) is 12.9. The van der Waals surface area contributed by atoms with Gasteiger partial charge in [-0.05, 0) is 34.7 Å². The molecule has 0 aromatic heterocycles. The molecule has 2 aromatic rings. The van der Waals surface area contributed by atoms with Crippen LogP contribution in [0.15, 0.2) is 48.5 Å². The predicted octanol–water partition coefficient (Wildman–Crippen LogP) is 4.43. The van der Waals surface area contributed by atoms with Crippen LogP contribution >= 0.6 is 0 Å². The maximum absolute atomic E-state index is 12.8. The number of rotatable bonds is 5. The van der Waals surface area contributed by atoms with E-state index in [1.807, 2.05) is 12.1 Å². The zero-order chi connectivity index (χ0) is 21.1. The van der Waals surface area contributed by atoms with Crippen LogP contribution in [0.1, 0.15) is 47.8 Å². The summed E-state index contributed by atoms with van der Waals surface area (Å²) in [4.78, 5) is 23.8. The number of hydrogen-bond acceptors (Lipinski definition) is 2. The molecule has 1 atom stereocenters. The molecule has 150 valence electrons. The van der Waals surface area contributed by atoms with Crippen LogP contribution in [-0.4, -0.2) is 23.0 Å². The Bertz CT molecular complexity index is 852. The van der Waals surface area contributed by atoms with E-state index in [0.29, 0.717) is 11.6 Å². The first-order valence-corrected chi connectivity index (χ1v) is 8.68. The van der Waals surface area contributed by atoms with Gasteiger partial charge in [0, 0.05) is 12.0 Å². The van der Waals surface area contributed by atoms with E-state index in [-0.39, 0.29) is 17.4 Å². The Hall–Kier alpha value is -2.83. The third-order valence-corrected chi connectivity index (χ3v) is 4.32. The summed E-state index contributed by atoms with van der Waals surface area (Å²) >= 11 is 0. The topological polar surface area (TPSA) is 66.4 Å². The van der Waals surface area contributed by atoms with Crippen molar-refractivity contribution in [3.63, 3.8) is 0 Å². The van der Waals surface area contributed by atoms with Crippen LogP contribution in [0.5, 0.6) is 0 Å². The van der Waals surface area contributed by atoms with Crippen molar-refractivity contribution < 1.29 is 27.9 Å². The van der Waals surface area contributed by atoms with Crippen molar-refractivity contribution in [2.45, 2.75) is 44.8 Å². The van der Waals surface area contributed by atoms with Gasteiger partial charge in [-0.25, -0.2) is 4.79 Å². The minimum Gasteiger partial charge on any atom is -0.480 e. The van der Waals surface area contributed by atoms with Gasteiger partial charge in [0.25, 0.3) is 5.91 Å². The molecule has 7 heteroatoms. The summed E-state index contributed by atoms with van der Waals surface area (Å²) in [5.74, 6) is -2.13. The van der Waals surface area contributed by atoms with Gasteiger partial charge < -0.3 is 10.4 Å². The van der Waals surface area contributed by atoms with Gasteiger partial charge in [-0.2, -0.15) is 13.2 Å². The molecule has 28 heavy (non-hydrogen) atoms. The van der Waals surface area contributed by atoms with E-state index < -0.39 is 29.7 Å². The summed E-state index contributed by atoms with van der Waals surface area (Å²) in [6.45, 7) is 6.16. The fourth-order valence-corrected chi connectivity index (χ4v) is 2.65. The van der Waals surface area contributed by atoms with E-state index in [2.05, 4.69) is 26.1 Å². The van der Waals surface area contributed by atoms with Crippen LogP contribution < -0.4 is 5.32 Å². The van der Waals surface area contributed by atoms with Crippen molar-refractivity contribution in [1.29, 1.82) is 0 Å². The molecule has 0 saturated heterocycles. The van der Waals surface area contributed by atoms with Crippen molar-refractivity contribution in [1.82, 2.24) is 5.32 Å². The highest BCUT2D eigenvalue weighted by atomic mass is 19.4. The van der Waals surface area contributed by atoms with E-state index in [4.69, 9.17) is 0 Å². The second-order valence-corrected chi connectivity index (χ2v) is 7.59. The number of benzene rings is 2. The average Bonchev–Trinajstić information content (AvgIpc) is 2.60. The van der Waals surface area contributed by atoms with E-state index >= 15 is 0 Å². The molecule has 2 rings (SSSR count). The molecule has 0 aliphatic carbocycles. The number of carbonyl (C=O) groups excluding carboxylic acids is 1. The summed E-state index contributed by atoms with van der Waals surface area (Å²) in [5, 5.41) is 11.7. The first kappa shape index (κ1) is 21.5. The van der Waals surface area contributed by atoms with Gasteiger partial charge in [0.15, 0.2) is 0 Å². The molecule has 0 aliphatic heterocycles. The quantitative estimate of drug-likeness (QED) is 0.790. The lowest BCUT2D eigenvalue weighted by Crippen LogP contribution is -2.42. The SMILES string of the molecule is CC(C)(C)c1ccc(C[C@H](NC(=O)c2cccc(C(F)(F)F)c2)C(=O)O)cc1. The standard InChI is InChI=1S/C21H22F3NO3/c1-20(2,3)15-9-7-13(8-10-15)11-17(19(27)28)25-18(26)14-5-4-6-16(12-14)21(22,23)24/h4-10,12,17H,11H2,1-3H3,(H,25,26)(H,27,28)/t17-/m0/s1. The molecule has 0 unspecified atom stereocenters. The summed E-state index contributed by atoms with van der Waals surface area (Å²) in [6, 6.07) is 9.96. The molecule has 0 heterocycles. The van der Waals surface area contributed by atoms with Crippen molar-refractivity contribution >= 4 is 11.9 Å². The molecule has 4 nitrogen and oxygen atoms in total. The number of amides is 1. The molecule has 1 amide bonds. The normalized spacial score (nSPS) is 13.1. The minimum atomic E-state index is -4.59. The van der Waals surface area contributed by atoms with Gasteiger partial charge in [0.05, 0.1) is 5.56 Å². The zero-order valence-corrected chi connectivity index (χ0v) is 15.8. The third kappa shape index (κ3) is 5.58. The molecule has 0 saturated carbocycles. The zero-order valence-electron chi connectivity index (χ0n) is 15.8. The van der Waals surface area contributed by atoms with E-state index in [0.717, 1.165) is 17.7 Å². The minimum absolute atomic E-state index is 0.0183. The molecule has 0 bridgehead atoms. The number of hydrogen-bond donors (Lipinski definition) is 2. The number of carboxylic acids is 1. The number of carbonyl (C=O) groups is 2. The fourth-order valence-electron chi connectivity index (χ4n) is 2.65. The Labute approximate surface area is 161 Å². The lowest BCUT2D eigenvalue weighted by atomic mass is 9.86. The molecule has 0 spiro atoms. The van der Waals surface area contributed by atoms with Gasteiger partial charge in [0.2, 0.25) is 0 Å². The van der Waals surface area contributed by atoms with Crippen LogP contribution in [0.4, 0.5) is 13.2 Å². The van der Waals surface area contributed by atoms with Gasteiger partial charge >= 0.3 is 12.1 Å². The van der Waals surface area contributed by atoms with Gasteiger partial charge in [-0.15, -0.1) is 0 Å². The van der Waals surface area contributed by atoms with E-state index in [9.17, 15) is 27.9 Å². The van der Waals surface area contributed by atoms with Crippen molar-refractivity contribution in [3.05, 3.63) is 70.8 Å². The number of aliphatic carboxylic acids is 1. The molecular weight excluding hydrogens is 371 g/mol. The highest BCUT2D eigenvalue weighted by Crippen LogP contribution is 2.29.